The number of ether oxygens (including phenoxy) is 1. The Labute approximate surface area is 173 Å². The van der Waals surface area contributed by atoms with E-state index < -0.39 is 5.97 Å². The van der Waals surface area contributed by atoms with Crippen LogP contribution in [0.5, 0.6) is 0 Å². The van der Waals surface area contributed by atoms with E-state index >= 15 is 0 Å². The number of esters is 1. The molecule has 0 saturated carbocycles. The molecule has 0 aliphatic rings. The Morgan fingerprint density at radius 1 is 1.20 bits per heavy atom. The summed E-state index contributed by atoms with van der Waals surface area (Å²) in [5, 5.41) is 7.07. The van der Waals surface area contributed by atoms with Crippen LogP contribution in [0.2, 0.25) is 0 Å². The molecule has 0 atom stereocenters. The highest BCUT2D eigenvalue weighted by molar-refractivity contribution is 6.09. The summed E-state index contributed by atoms with van der Waals surface area (Å²) < 4.78 is 13.7. The highest BCUT2D eigenvalue weighted by atomic mass is 16.5. The van der Waals surface area contributed by atoms with E-state index in [-0.39, 0.29) is 11.6 Å². The van der Waals surface area contributed by atoms with Crippen molar-refractivity contribution in [1.82, 2.24) is 14.3 Å². The zero-order chi connectivity index (χ0) is 21.4. The van der Waals surface area contributed by atoms with E-state index in [2.05, 4.69) is 10.4 Å². The van der Waals surface area contributed by atoms with Crippen molar-refractivity contribution in [3.05, 3.63) is 70.9 Å². The molecule has 8 heteroatoms. The zero-order valence-corrected chi connectivity index (χ0v) is 17.2. The van der Waals surface area contributed by atoms with Crippen LogP contribution in [0.25, 0.3) is 11.1 Å². The van der Waals surface area contributed by atoms with Crippen LogP contribution < -0.4 is 5.32 Å². The van der Waals surface area contributed by atoms with Crippen molar-refractivity contribution < 1.29 is 18.7 Å². The molecule has 0 radical (unpaired) electrons. The first-order valence-electron chi connectivity index (χ1n) is 9.45. The van der Waals surface area contributed by atoms with Crippen LogP contribution in [-0.2, 0) is 18.3 Å². The summed E-state index contributed by atoms with van der Waals surface area (Å²) in [6.45, 7) is 4.27. The first-order chi connectivity index (χ1) is 14.4. The minimum atomic E-state index is -0.572. The Bertz CT molecular complexity index is 1260. The van der Waals surface area contributed by atoms with Gasteiger partial charge in [0.05, 0.1) is 30.3 Å². The lowest BCUT2D eigenvalue weighted by molar-refractivity contribution is 0.0589. The van der Waals surface area contributed by atoms with Gasteiger partial charge in [-0.05, 0) is 25.0 Å². The summed E-state index contributed by atoms with van der Waals surface area (Å²) in [6.07, 6.45) is 1.60. The predicted molar refractivity (Wildman–Crippen MR) is 112 cm³/mol. The zero-order valence-electron chi connectivity index (χ0n) is 17.2. The molecule has 154 valence electrons. The Balaban J connectivity index is 1.74. The third-order valence-corrected chi connectivity index (χ3v) is 5.18. The van der Waals surface area contributed by atoms with Crippen LogP contribution in [0.3, 0.4) is 0 Å². The van der Waals surface area contributed by atoms with Crippen molar-refractivity contribution in [1.29, 1.82) is 0 Å². The number of anilines is 1. The second-order valence-corrected chi connectivity index (χ2v) is 7.09. The van der Waals surface area contributed by atoms with Crippen molar-refractivity contribution in [2.45, 2.75) is 20.4 Å². The van der Waals surface area contributed by atoms with Crippen LogP contribution >= 0.6 is 0 Å². The highest BCUT2D eigenvalue weighted by Crippen LogP contribution is 2.26. The number of fused-ring (bicyclic) bond motifs is 1. The molecule has 0 fully saturated rings. The molecule has 30 heavy (non-hydrogen) atoms. The minimum Gasteiger partial charge on any atom is -0.464 e. The van der Waals surface area contributed by atoms with Crippen LogP contribution in [0.1, 0.15) is 37.8 Å². The summed E-state index contributed by atoms with van der Waals surface area (Å²) in [5.41, 5.74) is 5.12. The minimum absolute atomic E-state index is 0.184. The Morgan fingerprint density at radius 3 is 2.70 bits per heavy atom. The van der Waals surface area contributed by atoms with E-state index in [4.69, 9.17) is 9.15 Å². The molecule has 0 saturated heterocycles. The van der Waals surface area contributed by atoms with Gasteiger partial charge in [-0.3, -0.25) is 9.48 Å². The number of aromatic nitrogens is 3. The third-order valence-electron chi connectivity index (χ3n) is 5.18. The molecule has 1 aromatic carbocycles. The molecule has 0 spiro atoms. The van der Waals surface area contributed by atoms with Crippen molar-refractivity contribution in [3.8, 4) is 0 Å². The van der Waals surface area contributed by atoms with Gasteiger partial charge in [0.2, 0.25) is 0 Å². The number of aryl methyl sites for hydroxylation is 3. The first-order valence-corrected chi connectivity index (χ1v) is 9.45. The third kappa shape index (κ3) is 3.26. The van der Waals surface area contributed by atoms with Gasteiger partial charge in [0.25, 0.3) is 5.91 Å². The lowest BCUT2D eigenvalue weighted by Gasteiger charge is -2.13. The van der Waals surface area contributed by atoms with E-state index in [1.165, 1.54) is 11.8 Å². The molecule has 0 unspecified atom stereocenters. The number of methoxy groups -OCH3 is 1. The number of benzene rings is 1. The van der Waals surface area contributed by atoms with Crippen molar-refractivity contribution in [2.24, 2.45) is 7.05 Å². The van der Waals surface area contributed by atoms with Crippen molar-refractivity contribution in [3.63, 3.8) is 0 Å². The molecule has 1 amide bonds. The molecule has 3 aromatic heterocycles. The Kier molecular flexibility index (Phi) is 4.91. The number of hydrogen-bond acceptors (Lipinski definition) is 5. The molecule has 1 N–H and O–H groups in total. The van der Waals surface area contributed by atoms with Gasteiger partial charge >= 0.3 is 5.97 Å². The van der Waals surface area contributed by atoms with Gasteiger partial charge in [0.15, 0.2) is 11.3 Å². The maximum atomic E-state index is 13.2. The average molecular weight is 406 g/mol. The molecule has 8 nitrogen and oxygen atoms in total. The van der Waals surface area contributed by atoms with E-state index in [9.17, 15) is 9.59 Å². The lowest BCUT2D eigenvalue weighted by atomic mass is 10.1. The van der Waals surface area contributed by atoms with E-state index in [0.29, 0.717) is 29.2 Å². The molecule has 3 heterocycles. The summed E-state index contributed by atoms with van der Waals surface area (Å²) in [5.74, 6) is -0.936. The summed E-state index contributed by atoms with van der Waals surface area (Å²) in [4.78, 5) is 25.4. The summed E-state index contributed by atoms with van der Waals surface area (Å²) in [6, 6.07) is 11.6. The molecule has 0 aliphatic carbocycles. The van der Waals surface area contributed by atoms with Crippen LogP contribution in [0, 0.1) is 13.8 Å². The van der Waals surface area contributed by atoms with Crippen molar-refractivity contribution in [2.75, 3.05) is 12.4 Å². The van der Waals surface area contributed by atoms with Crippen LogP contribution in [0.15, 0.2) is 47.1 Å². The molecular weight excluding hydrogens is 384 g/mol. The quantitative estimate of drug-likeness (QED) is 0.511. The first kappa shape index (κ1) is 19.5. The largest absolute Gasteiger partial charge is 0.464 e. The van der Waals surface area contributed by atoms with Gasteiger partial charge in [-0.1, -0.05) is 24.3 Å². The van der Waals surface area contributed by atoms with E-state index in [0.717, 1.165) is 16.6 Å². The van der Waals surface area contributed by atoms with E-state index in [1.807, 2.05) is 41.8 Å². The normalized spacial score (nSPS) is 11.1. The lowest BCUT2D eigenvalue weighted by Crippen LogP contribution is -2.20. The van der Waals surface area contributed by atoms with E-state index in [1.54, 1.807) is 26.3 Å². The van der Waals surface area contributed by atoms with Gasteiger partial charge < -0.3 is 19.0 Å². The SMILES string of the molecule is COC(=O)c1c(NC(=O)c2cc3occc3n2Cc2ccccc2C)c(C)nn1C. The second-order valence-electron chi connectivity index (χ2n) is 7.09. The fourth-order valence-electron chi connectivity index (χ4n) is 3.61. The Hall–Kier alpha value is -3.81. The van der Waals surface area contributed by atoms with Crippen LogP contribution in [-0.4, -0.2) is 33.3 Å². The predicted octanol–water partition coefficient (Wildman–Crippen LogP) is 3.67. The molecule has 0 bridgehead atoms. The van der Waals surface area contributed by atoms with Gasteiger partial charge in [0, 0.05) is 25.7 Å². The fourth-order valence-corrected chi connectivity index (χ4v) is 3.61. The van der Waals surface area contributed by atoms with Gasteiger partial charge in [-0.15, -0.1) is 0 Å². The van der Waals surface area contributed by atoms with Crippen molar-refractivity contribution >= 4 is 28.7 Å². The standard InChI is InChI=1S/C22H22N4O4/c1-13-7-5-6-8-15(13)12-26-16-9-10-30-18(16)11-17(26)21(27)23-19-14(2)24-25(3)20(19)22(28)29-4/h5-11H,12H2,1-4H3,(H,23,27). The molecular formula is C22H22N4O4. The average Bonchev–Trinajstić information content (AvgIpc) is 3.38. The van der Waals surface area contributed by atoms with Gasteiger partial charge in [-0.2, -0.15) is 5.10 Å². The maximum Gasteiger partial charge on any atom is 0.358 e. The smallest absolute Gasteiger partial charge is 0.358 e. The number of rotatable bonds is 5. The molecule has 4 aromatic rings. The fraction of sp³-hybridized carbons (Fsp3) is 0.227. The van der Waals surface area contributed by atoms with Crippen LogP contribution in [0.4, 0.5) is 5.69 Å². The number of carbonyl (C=O) groups excluding carboxylic acids is 2. The van der Waals surface area contributed by atoms with Gasteiger partial charge in [0.1, 0.15) is 5.69 Å². The maximum absolute atomic E-state index is 13.2. The second kappa shape index (κ2) is 7.55. The Morgan fingerprint density at radius 2 is 1.97 bits per heavy atom. The van der Waals surface area contributed by atoms with Gasteiger partial charge in [-0.25, -0.2) is 4.79 Å². The summed E-state index contributed by atoms with van der Waals surface area (Å²) >= 11 is 0. The number of amides is 1. The number of nitrogens with zero attached hydrogens (tertiary/aromatic N) is 3. The number of carbonyl (C=O) groups is 2. The molecule has 0 aliphatic heterocycles. The topological polar surface area (TPSA) is 91.3 Å². The number of nitrogens with one attached hydrogen (secondary N) is 1. The number of furan rings is 1. The highest BCUT2D eigenvalue weighted by Gasteiger charge is 2.25. The summed E-state index contributed by atoms with van der Waals surface area (Å²) in [7, 11) is 2.92. The number of hydrogen-bond donors (Lipinski definition) is 1. The molecule has 4 rings (SSSR count). The monoisotopic (exact) mass is 406 g/mol.